The molecule has 0 aliphatic carbocycles. The molecule has 1 saturated heterocycles. The minimum Gasteiger partial charge on any atom is -0.385 e. The molecule has 162 valence electrons. The first-order chi connectivity index (χ1) is 14.2. The maximum atomic E-state index is 12.9. The molecule has 0 unspecified atom stereocenters. The van der Waals surface area contributed by atoms with E-state index in [1.54, 1.807) is 7.11 Å². The predicted molar refractivity (Wildman–Crippen MR) is 119 cm³/mol. The third kappa shape index (κ3) is 8.05. The molecule has 0 aromatic heterocycles. The number of carbonyl (C=O) groups is 2. The van der Waals surface area contributed by atoms with E-state index in [1.165, 1.54) is 6.42 Å². The molecule has 2 N–H and O–H groups in total. The van der Waals surface area contributed by atoms with E-state index in [0.29, 0.717) is 30.8 Å². The summed E-state index contributed by atoms with van der Waals surface area (Å²) in [4.78, 5) is 27.4. The number of nitrogens with zero attached hydrogens (tertiary/aromatic N) is 1. The molecule has 2 rings (SSSR count). The van der Waals surface area contributed by atoms with E-state index in [-0.39, 0.29) is 11.8 Å². The number of anilines is 2. The molecule has 1 aliphatic heterocycles. The highest BCUT2D eigenvalue weighted by molar-refractivity contribution is 6.02. The molecule has 6 heteroatoms. The van der Waals surface area contributed by atoms with Gasteiger partial charge in [-0.15, -0.1) is 0 Å². The zero-order valence-electron chi connectivity index (χ0n) is 18.1. The number of benzene rings is 1. The Kier molecular flexibility index (Phi) is 10.6. The summed E-state index contributed by atoms with van der Waals surface area (Å²) in [6, 6.07) is 5.71. The van der Waals surface area contributed by atoms with Gasteiger partial charge in [-0.2, -0.15) is 0 Å². The molecule has 1 aromatic rings. The topological polar surface area (TPSA) is 70.7 Å². The highest BCUT2D eigenvalue weighted by Gasteiger charge is 2.19. The molecule has 0 radical (unpaired) electrons. The van der Waals surface area contributed by atoms with Gasteiger partial charge < -0.3 is 20.3 Å². The van der Waals surface area contributed by atoms with Crippen LogP contribution >= 0.6 is 0 Å². The molecular formula is C23H37N3O3. The van der Waals surface area contributed by atoms with Crippen molar-refractivity contribution in [2.45, 2.75) is 64.7 Å². The normalized spacial score (nSPS) is 13.9. The Bertz CT molecular complexity index is 642. The average Bonchev–Trinajstić information content (AvgIpc) is 2.75. The molecule has 1 aromatic carbocycles. The second-order valence-corrected chi connectivity index (χ2v) is 7.74. The van der Waals surface area contributed by atoms with Crippen molar-refractivity contribution in [3.63, 3.8) is 0 Å². The summed E-state index contributed by atoms with van der Waals surface area (Å²) in [5.74, 6) is -0.0843. The van der Waals surface area contributed by atoms with E-state index in [4.69, 9.17) is 4.74 Å². The van der Waals surface area contributed by atoms with E-state index in [9.17, 15) is 9.59 Å². The lowest BCUT2D eigenvalue weighted by Gasteiger charge is -2.30. The number of hydrogen-bond acceptors (Lipinski definition) is 4. The minimum absolute atomic E-state index is 0.0123. The Hall–Kier alpha value is -2.08. The van der Waals surface area contributed by atoms with E-state index >= 15 is 0 Å². The summed E-state index contributed by atoms with van der Waals surface area (Å²) in [6.45, 7) is 5.28. The lowest BCUT2D eigenvalue weighted by molar-refractivity contribution is -0.116. The summed E-state index contributed by atoms with van der Waals surface area (Å²) in [7, 11) is 1.66. The van der Waals surface area contributed by atoms with Gasteiger partial charge in [0.15, 0.2) is 0 Å². The largest absolute Gasteiger partial charge is 0.385 e. The van der Waals surface area contributed by atoms with Gasteiger partial charge in [-0.25, -0.2) is 0 Å². The third-order valence-corrected chi connectivity index (χ3v) is 5.29. The number of amides is 2. The molecule has 0 atom stereocenters. The fourth-order valence-electron chi connectivity index (χ4n) is 3.66. The van der Waals surface area contributed by atoms with E-state index < -0.39 is 0 Å². The summed E-state index contributed by atoms with van der Waals surface area (Å²) in [5.41, 5.74) is 2.27. The van der Waals surface area contributed by atoms with Gasteiger partial charge >= 0.3 is 0 Å². The number of hydrogen-bond donors (Lipinski definition) is 2. The number of unbranched alkanes of at least 4 members (excludes halogenated alkanes) is 3. The van der Waals surface area contributed by atoms with Crippen LogP contribution in [0.5, 0.6) is 0 Å². The summed E-state index contributed by atoms with van der Waals surface area (Å²) in [5, 5.41) is 5.95. The van der Waals surface area contributed by atoms with Gasteiger partial charge in [0.25, 0.3) is 5.91 Å². The van der Waals surface area contributed by atoms with Gasteiger partial charge in [0, 0.05) is 51.1 Å². The van der Waals surface area contributed by atoms with Crippen LogP contribution in [0.15, 0.2) is 18.2 Å². The molecule has 6 nitrogen and oxygen atoms in total. The van der Waals surface area contributed by atoms with Crippen molar-refractivity contribution >= 4 is 23.2 Å². The summed E-state index contributed by atoms with van der Waals surface area (Å²) >= 11 is 0. The first kappa shape index (κ1) is 23.2. The number of piperidine rings is 1. The van der Waals surface area contributed by atoms with Crippen LogP contribution in [-0.4, -0.2) is 45.2 Å². The molecule has 0 bridgehead atoms. The first-order valence-electron chi connectivity index (χ1n) is 11.1. The third-order valence-electron chi connectivity index (χ3n) is 5.29. The number of carbonyl (C=O) groups excluding carboxylic acids is 2. The maximum Gasteiger partial charge on any atom is 0.253 e. The lowest BCUT2D eigenvalue weighted by atomic mass is 10.1. The number of methoxy groups -OCH3 is 1. The van der Waals surface area contributed by atoms with E-state index in [1.807, 2.05) is 18.2 Å². The monoisotopic (exact) mass is 403 g/mol. The smallest absolute Gasteiger partial charge is 0.253 e. The Morgan fingerprint density at radius 2 is 1.86 bits per heavy atom. The Morgan fingerprint density at radius 1 is 1.07 bits per heavy atom. The predicted octanol–water partition coefficient (Wildman–Crippen LogP) is 4.35. The standard InChI is InChI=1S/C23H37N3O3/c1-3-4-5-7-11-22(27)25-19-12-13-21(26-15-8-6-9-16-26)20(18-19)23(28)24-14-10-17-29-2/h12-13,18H,3-11,14-17H2,1-2H3,(H,24,28)(H,25,27). The van der Waals surface area contributed by atoms with E-state index in [2.05, 4.69) is 22.5 Å². The van der Waals surface area contributed by atoms with Crippen molar-refractivity contribution < 1.29 is 14.3 Å². The van der Waals surface area contributed by atoms with Crippen molar-refractivity contribution in [1.82, 2.24) is 5.32 Å². The van der Waals surface area contributed by atoms with Crippen molar-refractivity contribution in [2.24, 2.45) is 0 Å². The highest BCUT2D eigenvalue weighted by Crippen LogP contribution is 2.27. The van der Waals surface area contributed by atoms with Crippen LogP contribution in [0.25, 0.3) is 0 Å². The molecule has 0 saturated carbocycles. The van der Waals surface area contributed by atoms with Crippen LogP contribution in [0.2, 0.25) is 0 Å². The molecule has 1 heterocycles. The van der Waals surface area contributed by atoms with Crippen LogP contribution < -0.4 is 15.5 Å². The number of ether oxygens (including phenoxy) is 1. The number of rotatable bonds is 12. The SMILES string of the molecule is CCCCCCC(=O)Nc1ccc(N2CCCCC2)c(C(=O)NCCCOC)c1. The van der Waals surface area contributed by atoms with Gasteiger partial charge in [-0.05, 0) is 50.3 Å². The van der Waals surface area contributed by atoms with Gasteiger partial charge in [0.1, 0.15) is 0 Å². The second-order valence-electron chi connectivity index (χ2n) is 7.74. The molecule has 2 amide bonds. The molecule has 0 spiro atoms. The minimum atomic E-state index is -0.0966. The summed E-state index contributed by atoms with van der Waals surface area (Å²) in [6.07, 6.45) is 9.11. The molecule has 29 heavy (non-hydrogen) atoms. The molecule has 1 aliphatic rings. The number of nitrogens with one attached hydrogen (secondary N) is 2. The first-order valence-corrected chi connectivity index (χ1v) is 11.1. The summed E-state index contributed by atoms with van der Waals surface area (Å²) < 4.78 is 5.05. The van der Waals surface area contributed by atoms with Crippen molar-refractivity contribution in [1.29, 1.82) is 0 Å². The zero-order chi connectivity index (χ0) is 20.9. The molecule has 1 fully saturated rings. The second kappa shape index (κ2) is 13.2. The van der Waals surface area contributed by atoms with Crippen molar-refractivity contribution in [2.75, 3.05) is 43.6 Å². The van der Waals surface area contributed by atoms with Crippen LogP contribution in [0.3, 0.4) is 0 Å². The fraction of sp³-hybridized carbons (Fsp3) is 0.652. The van der Waals surface area contributed by atoms with Gasteiger partial charge in [-0.3, -0.25) is 9.59 Å². The van der Waals surface area contributed by atoms with Crippen LogP contribution in [0, 0.1) is 0 Å². The van der Waals surface area contributed by atoms with Gasteiger partial charge in [0.2, 0.25) is 5.91 Å². The Labute approximate surface area is 175 Å². The fourth-order valence-corrected chi connectivity index (χ4v) is 3.66. The zero-order valence-corrected chi connectivity index (χ0v) is 18.1. The highest BCUT2D eigenvalue weighted by atomic mass is 16.5. The quantitative estimate of drug-likeness (QED) is 0.509. The maximum absolute atomic E-state index is 12.9. The van der Waals surface area contributed by atoms with Gasteiger partial charge in [0.05, 0.1) is 5.56 Å². The van der Waals surface area contributed by atoms with Gasteiger partial charge in [-0.1, -0.05) is 26.2 Å². The Morgan fingerprint density at radius 3 is 2.59 bits per heavy atom. The Balaban J connectivity index is 2.07. The van der Waals surface area contributed by atoms with Crippen molar-refractivity contribution in [3.8, 4) is 0 Å². The van der Waals surface area contributed by atoms with E-state index in [0.717, 1.165) is 63.7 Å². The van der Waals surface area contributed by atoms with Crippen molar-refractivity contribution in [3.05, 3.63) is 23.8 Å². The van der Waals surface area contributed by atoms with Crippen LogP contribution in [0.1, 0.15) is 75.1 Å². The van der Waals surface area contributed by atoms with Crippen LogP contribution in [-0.2, 0) is 9.53 Å². The average molecular weight is 404 g/mol. The lowest BCUT2D eigenvalue weighted by Crippen LogP contribution is -2.33. The van der Waals surface area contributed by atoms with Crippen LogP contribution in [0.4, 0.5) is 11.4 Å². The molecular weight excluding hydrogens is 366 g/mol.